The smallest absolute Gasteiger partial charge is 0.156 e. The number of hydrogen-bond donors (Lipinski definition) is 3. The summed E-state index contributed by atoms with van der Waals surface area (Å²) in [6, 6.07) is 4.49. The summed E-state index contributed by atoms with van der Waals surface area (Å²) in [6.45, 7) is 9.50. The number of hydrazine groups is 1. The van der Waals surface area contributed by atoms with Gasteiger partial charge in [0, 0.05) is 18.8 Å². The Morgan fingerprint density at radius 3 is 2.65 bits per heavy atom. The molecule has 0 aliphatic rings. The SMILES string of the molecule is C=C(/C=C\C(F)=C(\F)CNc1ccc(C)cc1F)NNCCN(C)CC. The van der Waals surface area contributed by atoms with E-state index >= 15 is 0 Å². The van der Waals surface area contributed by atoms with Crippen LogP contribution in [0, 0.1) is 12.7 Å². The molecule has 26 heavy (non-hydrogen) atoms. The maximum absolute atomic E-state index is 13.8. The molecule has 0 radical (unpaired) electrons. The van der Waals surface area contributed by atoms with Crippen LogP contribution in [-0.4, -0.2) is 38.1 Å². The average molecular weight is 368 g/mol. The van der Waals surface area contributed by atoms with E-state index in [9.17, 15) is 13.2 Å². The first-order chi connectivity index (χ1) is 12.3. The molecular formula is C19H27F3N4. The quantitative estimate of drug-likeness (QED) is 0.316. The topological polar surface area (TPSA) is 39.3 Å². The monoisotopic (exact) mass is 368 g/mol. The Morgan fingerprint density at radius 1 is 1.27 bits per heavy atom. The van der Waals surface area contributed by atoms with Crippen molar-refractivity contribution in [1.29, 1.82) is 0 Å². The lowest BCUT2D eigenvalue weighted by Crippen LogP contribution is -2.36. The van der Waals surface area contributed by atoms with Crippen molar-refractivity contribution < 1.29 is 13.2 Å². The summed E-state index contributed by atoms with van der Waals surface area (Å²) in [6.07, 6.45) is 2.29. The molecule has 1 aromatic rings. The summed E-state index contributed by atoms with van der Waals surface area (Å²) in [4.78, 5) is 2.12. The molecule has 1 rings (SSSR count). The van der Waals surface area contributed by atoms with Crippen molar-refractivity contribution in [2.75, 3.05) is 38.5 Å². The van der Waals surface area contributed by atoms with Crippen LogP contribution >= 0.6 is 0 Å². The molecule has 0 aliphatic heterocycles. The largest absolute Gasteiger partial charge is 0.376 e. The van der Waals surface area contributed by atoms with Crippen LogP contribution in [0.3, 0.4) is 0 Å². The van der Waals surface area contributed by atoms with E-state index in [2.05, 4.69) is 34.6 Å². The zero-order valence-electron chi connectivity index (χ0n) is 15.5. The van der Waals surface area contributed by atoms with Crippen LogP contribution in [0.25, 0.3) is 0 Å². The number of aryl methyl sites for hydroxylation is 1. The van der Waals surface area contributed by atoms with Gasteiger partial charge in [-0.3, -0.25) is 0 Å². The number of allylic oxidation sites excluding steroid dienone is 3. The highest BCUT2D eigenvalue weighted by molar-refractivity contribution is 5.47. The highest BCUT2D eigenvalue weighted by Gasteiger charge is 2.06. The molecule has 3 N–H and O–H groups in total. The van der Waals surface area contributed by atoms with Gasteiger partial charge in [-0.05, 0) is 50.4 Å². The Bertz CT molecular complexity index is 656. The molecule has 0 aliphatic carbocycles. The molecule has 0 bridgehead atoms. The molecule has 0 unspecified atom stereocenters. The highest BCUT2D eigenvalue weighted by Crippen LogP contribution is 2.17. The van der Waals surface area contributed by atoms with Crippen molar-refractivity contribution in [2.45, 2.75) is 13.8 Å². The van der Waals surface area contributed by atoms with Crippen molar-refractivity contribution >= 4 is 5.69 Å². The van der Waals surface area contributed by atoms with Gasteiger partial charge in [0.05, 0.1) is 12.2 Å². The molecule has 4 nitrogen and oxygen atoms in total. The number of benzene rings is 1. The lowest BCUT2D eigenvalue weighted by atomic mass is 10.2. The summed E-state index contributed by atoms with van der Waals surface area (Å²) in [5.41, 5.74) is 6.99. The van der Waals surface area contributed by atoms with Gasteiger partial charge in [0.25, 0.3) is 0 Å². The summed E-state index contributed by atoms with van der Waals surface area (Å²) in [5, 5.41) is 2.53. The van der Waals surface area contributed by atoms with Gasteiger partial charge in [0.1, 0.15) is 5.82 Å². The first-order valence-corrected chi connectivity index (χ1v) is 8.42. The summed E-state index contributed by atoms with van der Waals surface area (Å²) < 4.78 is 41.2. The summed E-state index contributed by atoms with van der Waals surface area (Å²) >= 11 is 0. The Labute approximate surface area is 153 Å². The Morgan fingerprint density at radius 2 is 2.00 bits per heavy atom. The average Bonchev–Trinajstić information content (AvgIpc) is 2.61. The van der Waals surface area contributed by atoms with Gasteiger partial charge < -0.3 is 15.6 Å². The maximum Gasteiger partial charge on any atom is 0.156 e. The Hall–Kier alpha value is -2.25. The van der Waals surface area contributed by atoms with E-state index in [1.165, 1.54) is 18.2 Å². The van der Waals surface area contributed by atoms with Crippen LogP contribution in [0.5, 0.6) is 0 Å². The Balaban J connectivity index is 2.44. The molecule has 0 saturated heterocycles. The molecule has 0 saturated carbocycles. The van der Waals surface area contributed by atoms with E-state index in [0.717, 1.165) is 24.7 Å². The number of halogens is 3. The lowest BCUT2D eigenvalue weighted by Gasteiger charge is -2.14. The van der Waals surface area contributed by atoms with Crippen molar-refractivity contribution in [2.24, 2.45) is 0 Å². The molecule has 0 spiro atoms. The minimum atomic E-state index is -1.04. The van der Waals surface area contributed by atoms with Crippen LogP contribution in [0.15, 0.2) is 54.3 Å². The van der Waals surface area contributed by atoms with Gasteiger partial charge in [0.2, 0.25) is 0 Å². The van der Waals surface area contributed by atoms with Crippen molar-refractivity contribution in [3.8, 4) is 0 Å². The molecular weight excluding hydrogens is 341 g/mol. The molecule has 0 amide bonds. The molecule has 0 fully saturated rings. The molecule has 7 heteroatoms. The Kier molecular flexibility index (Phi) is 9.54. The van der Waals surface area contributed by atoms with Crippen molar-refractivity contribution in [3.63, 3.8) is 0 Å². The number of rotatable bonds is 11. The van der Waals surface area contributed by atoms with E-state index in [1.54, 1.807) is 13.0 Å². The zero-order valence-corrected chi connectivity index (χ0v) is 15.5. The van der Waals surface area contributed by atoms with Gasteiger partial charge in [-0.2, -0.15) is 0 Å². The zero-order chi connectivity index (χ0) is 19.5. The third-order valence-corrected chi connectivity index (χ3v) is 3.66. The fraction of sp³-hybridized carbons (Fsp3) is 0.368. The first-order valence-electron chi connectivity index (χ1n) is 8.42. The van der Waals surface area contributed by atoms with Crippen LogP contribution in [0.2, 0.25) is 0 Å². The standard InChI is InChI=1S/C19H27F3N4/c1-5-26(4)11-10-24-25-15(3)7-8-16(20)18(22)13-23-19-9-6-14(2)12-17(19)21/h6-9,12,23-25H,3,5,10-11,13H2,1-2,4H3/b8-7-,18-16-. The van der Waals surface area contributed by atoms with Crippen LogP contribution in [0.4, 0.5) is 18.9 Å². The normalized spacial score (nSPS) is 12.4. The van der Waals surface area contributed by atoms with E-state index in [0.29, 0.717) is 12.2 Å². The van der Waals surface area contributed by atoms with Gasteiger partial charge in [-0.25, -0.2) is 18.6 Å². The third-order valence-electron chi connectivity index (χ3n) is 3.66. The van der Waals surface area contributed by atoms with Crippen LogP contribution in [-0.2, 0) is 0 Å². The first kappa shape index (κ1) is 21.8. The van der Waals surface area contributed by atoms with E-state index in [-0.39, 0.29) is 5.69 Å². The van der Waals surface area contributed by atoms with Crippen molar-refractivity contribution in [1.82, 2.24) is 15.8 Å². The molecule has 0 aromatic heterocycles. The number of nitrogens with one attached hydrogen (secondary N) is 3. The van der Waals surface area contributed by atoms with E-state index in [4.69, 9.17) is 0 Å². The second-order valence-electron chi connectivity index (χ2n) is 5.90. The molecule has 1 aromatic carbocycles. The van der Waals surface area contributed by atoms with E-state index in [1.807, 2.05) is 7.05 Å². The maximum atomic E-state index is 13.8. The van der Waals surface area contributed by atoms with E-state index < -0.39 is 24.0 Å². The predicted molar refractivity (Wildman–Crippen MR) is 101 cm³/mol. The summed E-state index contributed by atoms with van der Waals surface area (Å²) in [7, 11) is 2.00. The molecule has 0 heterocycles. The number of hydrogen-bond acceptors (Lipinski definition) is 4. The van der Waals surface area contributed by atoms with Gasteiger partial charge >= 0.3 is 0 Å². The lowest BCUT2D eigenvalue weighted by molar-refractivity contribution is 0.343. The van der Waals surface area contributed by atoms with Gasteiger partial charge in [-0.15, -0.1) is 0 Å². The summed E-state index contributed by atoms with van der Waals surface area (Å²) in [5.74, 6) is -2.57. The van der Waals surface area contributed by atoms with Gasteiger partial charge in [-0.1, -0.05) is 19.6 Å². The highest BCUT2D eigenvalue weighted by atomic mass is 19.2. The number of nitrogens with zero attached hydrogens (tertiary/aromatic N) is 1. The fourth-order valence-corrected chi connectivity index (χ4v) is 1.91. The van der Waals surface area contributed by atoms with Crippen LogP contribution in [0.1, 0.15) is 12.5 Å². The predicted octanol–water partition coefficient (Wildman–Crippen LogP) is 3.81. The minimum absolute atomic E-state index is 0.120. The van der Waals surface area contributed by atoms with Crippen LogP contribution < -0.4 is 16.2 Å². The third kappa shape index (κ3) is 8.22. The molecule has 144 valence electrons. The second kappa shape index (κ2) is 11.4. The molecule has 0 atom stereocenters. The van der Waals surface area contributed by atoms with Gasteiger partial charge in [0.15, 0.2) is 11.7 Å². The number of likely N-dealkylation sites (N-methyl/N-ethyl adjacent to an activating group) is 1. The second-order valence-corrected chi connectivity index (χ2v) is 5.90. The number of anilines is 1. The fourth-order valence-electron chi connectivity index (χ4n) is 1.91. The van der Waals surface area contributed by atoms with Crippen molar-refractivity contribution in [3.05, 3.63) is 65.7 Å². The minimum Gasteiger partial charge on any atom is -0.376 e.